The lowest BCUT2D eigenvalue weighted by atomic mass is 10.2. The van der Waals surface area contributed by atoms with Crippen molar-refractivity contribution in [3.05, 3.63) is 42.0 Å². The van der Waals surface area contributed by atoms with Crippen LogP contribution in [0.3, 0.4) is 0 Å². The van der Waals surface area contributed by atoms with Gasteiger partial charge in [-0.3, -0.25) is 4.57 Å². The Bertz CT molecular complexity index is 379. The van der Waals surface area contributed by atoms with E-state index in [0.29, 0.717) is 6.16 Å². The van der Waals surface area contributed by atoms with E-state index in [-0.39, 0.29) is 0 Å². The first-order valence-corrected chi connectivity index (χ1v) is 7.35. The largest absolute Gasteiger partial charge is 0.330 e. The molecule has 0 radical (unpaired) electrons. The first-order valence-electron chi connectivity index (χ1n) is 5.62. The van der Waals surface area contributed by atoms with Crippen molar-refractivity contribution in [1.29, 1.82) is 0 Å². The normalized spacial score (nSPS) is 12.1. The van der Waals surface area contributed by atoms with Crippen molar-refractivity contribution in [2.75, 3.05) is 20.4 Å². The lowest BCUT2D eigenvalue weighted by Gasteiger charge is -2.12. The number of allylic oxidation sites excluding steroid dienone is 1. The summed E-state index contributed by atoms with van der Waals surface area (Å²) in [5, 5.41) is 0. The molecule has 0 heterocycles. The standard InChI is InChI=1S/C13H19O3P/c1-15-17(14,16-2)12-8-4-7-11-13-9-5-3-6-10-13/h3,5-7,9-11H,4,8,12H2,1-2H3. The molecular weight excluding hydrogens is 235 g/mol. The Morgan fingerprint density at radius 1 is 1.18 bits per heavy atom. The van der Waals surface area contributed by atoms with Gasteiger partial charge >= 0.3 is 7.60 Å². The molecule has 1 aromatic carbocycles. The van der Waals surface area contributed by atoms with Crippen LogP contribution in [-0.2, 0) is 13.6 Å². The van der Waals surface area contributed by atoms with Crippen LogP contribution in [-0.4, -0.2) is 20.4 Å². The highest BCUT2D eigenvalue weighted by molar-refractivity contribution is 7.53. The smallest absolute Gasteiger partial charge is 0.312 e. The third-order valence-electron chi connectivity index (χ3n) is 2.47. The van der Waals surface area contributed by atoms with Crippen LogP contribution in [0.5, 0.6) is 0 Å². The Kier molecular flexibility index (Phi) is 6.20. The minimum absolute atomic E-state index is 0.457. The molecule has 0 unspecified atom stereocenters. The van der Waals surface area contributed by atoms with Crippen LogP contribution >= 0.6 is 7.60 Å². The van der Waals surface area contributed by atoms with Gasteiger partial charge in [0.1, 0.15) is 0 Å². The van der Waals surface area contributed by atoms with E-state index in [2.05, 4.69) is 12.2 Å². The SMILES string of the molecule is COP(=O)(CCCC=Cc1ccccc1)OC. The molecule has 1 aromatic rings. The van der Waals surface area contributed by atoms with Crippen molar-refractivity contribution >= 4 is 13.7 Å². The van der Waals surface area contributed by atoms with E-state index in [0.717, 1.165) is 12.8 Å². The zero-order valence-electron chi connectivity index (χ0n) is 10.3. The van der Waals surface area contributed by atoms with Gasteiger partial charge in [0.2, 0.25) is 0 Å². The summed E-state index contributed by atoms with van der Waals surface area (Å²) in [7, 11) is 0.0143. The molecular formula is C13H19O3P. The van der Waals surface area contributed by atoms with Crippen LogP contribution in [0, 0.1) is 0 Å². The minimum Gasteiger partial charge on any atom is -0.312 e. The van der Waals surface area contributed by atoms with Crippen LogP contribution in [0.4, 0.5) is 0 Å². The highest BCUT2D eigenvalue weighted by atomic mass is 31.2. The quantitative estimate of drug-likeness (QED) is 0.545. The summed E-state index contributed by atoms with van der Waals surface area (Å²) in [4.78, 5) is 0. The van der Waals surface area contributed by atoms with E-state index in [9.17, 15) is 4.57 Å². The van der Waals surface area contributed by atoms with Gasteiger partial charge in [-0.25, -0.2) is 0 Å². The topological polar surface area (TPSA) is 35.5 Å². The lowest BCUT2D eigenvalue weighted by Crippen LogP contribution is -1.94. The van der Waals surface area contributed by atoms with Gasteiger partial charge in [-0.05, 0) is 18.4 Å². The fraction of sp³-hybridized carbons (Fsp3) is 0.385. The number of benzene rings is 1. The van der Waals surface area contributed by atoms with Gasteiger partial charge in [-0.2, -0.15) is 0 Å². The molecule has 0 N–H and O–H groups in total. The van der Waals surface area contributed by atoms with E-state index in [1.165, 1.54) is 19.8 Å². The summed E-state index contributed by atoms with van der Waals surface area (Å²) < 4.78 is 21.4. The second-order valence-corrected chi connectivity index (χ2v) is 6.05. The fourth-order valence-corrected chi connectivity index (χ4v) is 2.53. The summed E-state index contributed by atoms with van der Waals surface area (Å²) in [6.45, 7) is 0. The summed E-state index contributed by atoms with van der Waals surface area (Å²) in [5.74, 6) is 0. The Morgan fingerprint density at radius 2 is 1.82 bits per heavy atom. The summed E-state index contributed by atoms with van der Waals surface area (Å²) in [5.41, 5.74) is 1.18. The first-order chi connectivity index (χ1) is 8.20. The third-order valence-corrected chi connectivity index (χ3v) is 4.45. The zero-order valence-corrected chi connectivity index (χ0v) is 11.2. The molecule has 0 atom stereocenters. The van der Waals surface area contributed by atoms with Crippen molar-refractivity contribution in [2.45, 2.75) is 12.8 Å². The number of rotatable bonds is 7. The van der Waals surface area contributed by atoms with Crippen LogP contribution in [0.15, 0.2) is 36.4 Å². The molecule has 0 amide bonds. The van der Waals surface area contributed by atoms with Gasteiger partial charge in [0, 0.05) is 14.2 Å². The first kappa shape index (κ1) is 14.2. The van der Waals surface area contributed by atoms with Crippen LogP contribution < -0.4 is 0 Å². The zero-order chi connectivity index (χ0) is 12.6. The molecule has 0 bridgehead atoms. The molecule has 0 spiro atoms. The molecule has 0 aliphatic carbocycles. The molecule has 0 aromatic heterocycles. The Labute approximate surface area is 103 Å². The van der Waals surface area contributed by atoms with E-state index in [1.807, 2.05) is 30.3 Å². The Hall–Kier alpha value is -0.890. The van der Waals surface area contributed by atoms with Crippen LogP contribution in [0.1, 0.15) is 18.4 Å². The second kappa shape index (κ2) is 7.44. The van der Waals surface area contributed by atoms with Crippen LogP contribution in [0.2, 0.25) is 0 Å². The maximum atomic E-state index is 11.7. The molecule has 0 aliphatic rings. The molecule has 3 nitrogen and oxygen atoms in total. The van der Waals surface area contributed by atoms with Crippen molar-refractivity contribution in [3.8, 4) is 0 Å². The highest BCUT2D eigenvalue weighted by Crippen LogP contribution is 2.46. The average Bonchev–Trinajstić information content (AvgIpc) is 2.39. The van der Waals surface area contributed by atoms with Crippen molar-refractivity contribution < 1.29 is 13.6 Å². The summed E-state index contributed by atoms with van der Waals surface area (Å²) in [6, 6.07) is 10.1. The van der Waals surface area contributed by atoms with Gasteiger partial charge in [-0.15, -0.1) is 0 Å². The lowest BCUT2D eigenvalue weighted by molar-refractivity contribution is 0.275. The van der Waals surface area contributed by atoms with E-state index in [1.54, 1.807) is 0 Å². The summed E-state index contributed by atoms with van der Waals surface area (Å²) >= 11 is 0. The van der Waals surface area contributed by atoms with Gasteiger partial charge in [0.25, 0.3) is 0 Å². The van der Waals surface area contributed by atoms with Crippen molar-refractivity contribution in [1.82, 2.24) is 0 Å². The summed E-state index contributed by atoms with van der Waals surface area (Å²) in [6.07, 6.45) is 6.25. The molecule has 1 rings (SSSR count). The molecule has 4 heteroatoms. The van der Waals surface area contributed by atoms with Gasteiger partial charge in [0.05, 0.1) is 6.16 Å². The highest BCUT2D eigenvalue weighted by Gasteiger charge is 2.19. The third kappa shape index (κ3) is 5.31. The average molecular weight is 254 g/mol. The van der Waals surface area contributed by atoms with E-state index >= 15 is 0 Å². The number of unbranched alkanes of at least 4 members (excludes halogenated alkanes) is 1. The Morgan fingerprint density at radius 3 is 2.41 bits per heavy atom. The molecule has 0 saturated carbocycles. The molecule has 0 aliphatic heterocycles. The van der Waals surface area contributed by atoms with Crippen molar-refractivity contribution in [2.24, 2.45) is 0 Å². The number of hydrogen-bond acceptors (Lipinski definition) is 3. The molecule has 0 saturated heterocycles. The number of hydrogen-bond donors (Lipinski definition) is 0. The second-order valence-electron chi connectivity index (χ2n) is 3.65. The molecule has 17 heavy (non-hydrogen) atoms. The molecule has 94 valence electrons. The monoisotopic (exact) mass is 254 g/mol. The fourth-order valence-electron chi connectivity index (χ4n) is 1.44. The van der Waals surface area contributed by atoms with Gasteiger partial charge in [0.15, 0.2) is 0 Å². The van der Waals surface area contributed by atoms with Gasteiger partial charge < -0.3 is 9.05 Å². The van der Waals surface area contributed by atoms with E-state index < -0.39 is 7.60 Å². The molecule has 0 fully saturated rings. The maximum absolute atomic E-state index is 11.7. The van der Waals surface area contributed by atoms with E-state index in [4.69, 9.17) is 9.05 Å². The van der Waals surface area contributed by atoms with Gasteiger partial charge in [-0.1, -0.05) is 42.5 Å². The van der Waals surface area contributed by atoms with Crippen molar-refractivity contribution in [3.63, 3.8) is 0 Å². The Balaban J connectivity index is 2.29. The van der Waals surface area contributed by atoms with Crippen LogP contribution in [0.25, 0.3) is 6.08 Å². The minimum atomic E-state index is -2.83. The predicted octanol–water partition coefficient (Wildman–Crippen LogP) is 3.97. The maximum Gasteiger partial charge on any atom is 0.330 e. The predicted molar refractivity (Wildman–Crippen MR) is 71.2 cm³/mol.